The van der Waals surface area contributed by atoms with Gasteiger partial charge in [0.1, 0.15) is 5.82 Å². The topological polar surface area (TPSA) is 80.8 Å². The van der Waals surface area contributed by atoms with Gasteiger partial charge in [-0.2, -0.15) is 15.0 Å². The molecule has 1 unspecified atom stereocenters. The summed E-state index contributed by atoms with van der Waals surface area (Å²) in [5.41, 5.74) is 8.25. The van der Waals surface area contributed by atoms with E-state index in [-0.39, 0.29) is 11.9 Å². The van der Waals surface area contributed by atoms with Gasteiger partial charge in [-0.05, 0) is 38.3 Å². The second kappa shape index (κ2) is 5.63. The van der Waals surface area contributed by atoms with Crippen molar-refractivity contribution in [2.45, 2.75) is 32.6 Å². The van der Waals surface area contributed by atoms with Crippen LogP contribution in [0, 0.1) is 0 Å². The molecule has 0 radical (unpaired) electrons. The van der Waals surface area contributed by atoms with Gasteiger partial charge in [-0.1, -0.05) is 6.07 Å². The molecule has 0 amide bonds. The van der Waals surface area contributed by atoms with Crippen LogP contribution in [0.15, 0.2) is 18.3 Å². The second-order valence-corrected chi connectivity index (χ2v) is 5.16. The van der Waals surface area contributed by atoms with Gasteiger partial charge in [-0.15, -0.1) is 0 Å². The number of hydrogen-bond acceptors (Lipinski definition) is 6. The fourth-order valence-electron chi connectivity index (χ4n) is 2.86. The van der Waals surface area contributed by atoms with Crippen molar-refractivity contribution in [1.82, 2.24) is 19.9 Å². The van der Waals surface area contributed by atoms with E-state index in [2.05, 4.69) is 44.7 Å². The summed E-state index contributed by atoms with van der Waals surface area (Å²) in [6.07, 6.45) is 3.82. The number of fused-ring (bicyclic) bond motifs is 1. The number of pyridine rings is 1. The van der Waals surface area contributed by atoms with Gasteiger partial charge in [0.05, 0.1) is 11.6 Å². The number of nitrogens with two attached hydrogens (primary N) is 1. The molecule has 6 heteroatoms. The number of nitrogen functional groups attached to an aromatic ring is 1. The van der Waals surface area contributed by atoms with Crippen molar-refractivity contribution in [3.8, 4) is 0 Å². The predicted octanol–water partition coefficient (Wildman–Crippen LogP) is 1.77. The Hall–Kier alpha value is -2.24. The molecule has 21 heavy (non-hydrogen) atoms. The molecule has 1 aliphatic carbocycles. The van der Waals surface area contributed by atoms with Crippen molar-refractivity contribution in [1.29, 1.82) is 0 Å². The molecule has 0 aliphatic heterocycles. The molecule has 2 heterocycles. The van der Waals surface area contributed by atoms with Gasteiger partial charge in [-0.25, -0.2) is 0 Å². The summed E-state index contributed by atoms with van der Waals surface area (Å²) in [7, 11) is 0. The van der Waals surface area contributed by atoms with E-state index < -0.39 is 0 Å². The first kappa shape index (κ1) is 13.7. The summed E-state index contributed by atoms with van der Waals surface area (Å²) in [5, 5.41) is 0. The van der Waals surface area contributed by atoms with Crippen molar-refractivity contribution >= 4 is 11.9 Å². The van der Waals surface area contributed by atoms with Gasteiger partial charge in [0.15, 0.2) is 0 Å². The fraction of sp³-hybridized carbons (Fsp3) is 0.467. The molecular formula is C15H20N6. The lowest BCUT2D eigenvalue weighted by atomic mass is 10.1. The SMILES string of the molecule is CCN(CC)c1nc(N)nc(C2CCc3cccnc32)n1. The van der Waals surface area contributed by atoms with Crippen LogP contribution in [0.25, 0.3) is 0 Å². The molecule has 6 nitrogen and oxygen atoms in total. The number of nitrogens with zero attached hydrogens (tertiary/aromatic N) is 5. The molecule has 2 N–H and O–H groups in total. The minimum atomic E-state index is 0.126. The van der Waals surface area contributed by atoms with Crippen molar-refractivity contribution in [3.05, 3.63) is 35.4 Å². The van der Waals surface area contributed by atoms with Crippen LogP contribution >= 0.6 is 0 Å². The zero-order valence-corrected chi connectivity index (χ0v) is 12.5. The van der Waals surface area contributed by atoms with Gasteiger partial charge in [0.2, 0.25) is 11.9 Å². The Morgan fingerprint density at radius 3 is 2.81 bits per heavy atom. The largest absolute Gasteiger partial charge is 0.368 e. The summed E-state index contributed by atoms with van der Waals surface area (Å²) in [6, 6.07) is 4.10. The van der Waals surface area contributed by atoms with Crippen LogP contribution in [0.5, 0.6) is 0 Å². The third-order valence-electron chi connectivity index (χ3n) is 3.97. The molecule has 0 spiro atoms. The molecule has 110 valence electrons. The zero-order chi connectivity index (χ0) is 14.8. The predicted molar refractivity (Wildman–Crippen MR) is 82.2 cm³/mol. The monoisotopic (exact) mass is 284 g/mol. The summed E-state index contributed by atoms with van der Waals surface area (Å²) in [5.74, 6) is 1.81. The van der Waals surface area contributed by atoms with E-state index in [1.54, 1.807) is 0 Å². The van der Waals surface area contributed by atoms with Gasteiger partial charge in [0, 0.05) is 19.3 Å². The number of hydrogen-bond donors (Lipinski definition) is 1. The average Bonchev–Trinajstić information content (AvgIpc) is 2.92. The number of rotatable bonds is 4. The van der Waals surface area contributed by atoms with Crippen molar-refractivity contribution in [2.24, 2.45) is 0 Å². The van der Waals surface area contributed by atoms with E-state index in [4.69, 9.17) is 5.73 Å². The third-order valence-corrected chi connectivity index (χ3v) is 3.97. The Bertz CT molecular complexity index is 638. The molecule has 0 bridgehead atoms. The Labute approximate surface area is 124 Å². The summed E-state index contributed by atoms with van der Waals surface area (Å²) in [4.78, 5) is 19.8. The smallest absolute Gasteiger partial charge is 0.230 e. The Morgan fingerprint density at radius 1 is 1.24 bits per heavy atom. The Balaban J connectivity index is 2.00. The third kappa shape index (κ3) is 2.53. The maximum atomic E-state index is 5.88. The molecular weight excluding hydrogens is 264 g/mol. The maximum absolute atomic E-state index is 5.88. The minimum Gasteiger partial charge on any atom is -0.368 e. The van der Waals surface area contributed by atoms with Crippen molar-refractivity contribution < 1.29 is 0 Å². The van der Waals surface area contributed by atoms with Crippen molar-refractivity contribution in [3.63, 3.8) is 0 Å². The van der Waals surface area contributed by atoms with E-state index >= 15 is 0 Å². The summed E-state index contributed by atoms with van der Waals surface area (Å²) in [6.45, 7) is 5.85. The molecule has 1 aliphatic rings. The van der Waals surface area contributed by atoms with E-state index in [1.807, 2.05) is 12.3 Å². The normalized spacial score (nSPS) is 16.8. The van der Waals surface area contributed by atoms with E-state index in [0.717, 1.165) is 37.4 Å². The van der Waals surface area contributed by atoms with Crippen LogP contribution in [0.2, 0.25) is 0 Å². The standard InChI is InChI=1S/C15H20N6/c1-3-21(4-2)15-19-13(18-14(16)20-15)11-8-7-10-6-5-9-17-12(10)11/h5-6,9,11H,3-4,7-8H2,1-2H3,(H2,16,18,19,20). The van der Waals surface area contributed by atoms with Crippen LogP contribution in [-0.4, -0.2) is 33.0 Å². The molecule has 3 rings (SSSR count). The number of aryl methyl sites for hydroxylation is 1. The maximum Gasteiger partial charge on any atom is 0.230 e. The fourth-order valence-corrected chi connectivity index (χ4v) is 2.86. The highest BCUT2D eigenvalue weighted by atomic mass is 15.3. The molecule has 0 aromatic carbocycles. The Kier molecular flexibility index (Phi) is 3.68. The summed E-state index contributed by atoms with van der Waals surface area (Å²) >= 11 is 0. The van der Waals surface area contributed by atoms with E-state index in [0.29, 0.717) is 5.95 Å². The molecule has 1 atom stereocenters. The highest BCUT2D eigenvalue weighted by Crippen LogP contribution is 2.35. The first-order valence-electron chi connectivity index (χ1n) is 7.43. The molecule has 2 aromatic rings. The van der Waals surface area contributed by atoms with Crippen LogP contribution < -0.4 is 10.6 Å². The van der Waals surface area contributed by atoms with Gasteiger partial charge < -0.3 is 10.6 Å². The van der Waals surface area contributed by atoms with Gasteiger partial charge in [0.25, 0.3) is 0 Å². The van der Waals surface area contributed by atoms with Gasteiger partial charge in [-0.3, -0.25) is 4.98 Å². The van der Waals surface area contributed by atoms with Crippen LogP contribution in [0.1, 0.15) is 43.3 Å². The molecule has 0 fully saturated rings. The lowest BCUT2D eigenvalue weighted by molar-refractivity contribution is 0.698. The quantitative estimate of drug-likeness (QED) is 0.921. The summed E-state index contributed by atoms with van der Waals surface area (Å²) < 4.78 is 0. The van der Waals surface area contributed by atoms with E-state index in [1.165, 1.54) is 5.56 Å². The number of anilines is 2. The Morgan fingerprint density at radius 2 is 2.05 bits per heavy atom. The first-order valence-corrected chi connectivity index (χ1v) is 7.43. The van der Waals surface area contributed by atoms with E-state index in [9.17, 15) is 0 Å². The first-order chi connectivity index (χ1) is 10.2. The molecule has 2 aromatic heterocycles. The molecule has 0 saturated heterocycles. The number of aromatic nitrogens is 4. The van der Waals surface area contributed by atoms with Crippen LogP contribution in [0.3, 0.4) is 0 Å². The van der Waals surface area contributed by atoms with Crippen molar-refractivity contribution in [2.75, 3.05) is 23.7 Å². The average molecular weight is 284 g/mol. The van der Waals surface area contributed by atoms with Crippen LogP contribution in [-0.2, 0) is 6.42 Å². The van der Waals surface area contributed by atoms with Crippen LogP contribution in [0.4, 0.5) is 11.9 Å². The highest BCUT2D eigenvalue weighted by molar-refractivity contribution is 5.39. The lowest BCUT2D eigenvalue weighted by Crippen LogP contribution is -2.26. The second-order valence-electron chi connectivity index (χ2n) is 5.16. The lowest BCUT2D eigenvalue weighted by Gasteiger charge is -2.20. The van der Waals surface area contributed by atoms with Gasteiger partial charge >= 0.3 is 0 Å². The molecule has 0 saturated carbocycles. The zero-order valence-electron chi connectivity index (χ0n) is 12.5. The minimum absolute atomic E-state index is 0.126. The highest BCUT2D eigenvalue weighted by Gasteiger charge is 2.28.